The molecule has 3 N–H and O–H groups in total. The topological polar surface area (TPSA) is 108 Å². The van der Waals surface area contributed by atoms with Gasteiger partial charge < -0.3 is 15.2 Å². The minimum absolute atomic E-state index is 0.131. The second-order valence-corrected chi connectivity index (χ2v) is 7.49. The van der Waals surface area contributed by atoms with Crippen LogP contribution in [0, 0.1) is 18.8 Å². The van der Waals surface area contributed by atoms with Crippen molar-refractivity contribution in [3.63, 3.8) is 0 Å². The van der Waals surface area contributed by atoms with Gasteiger partial charge >= 0.3 is 0 Å². The summed E-state index contributed by atoms with van der Waals surface area (Å²) in [6.45, 7) is 3.79. The maximum atomic E-state index is 13.2. The Morgan fingerprint density at radius 3 is 2.70 bits per heavy atom. The summed E-state index contributed by atoms with van der Waals surface area (Å²) < 4.78 is 5.02. The summed E-state index contributed by atoms with van der Waals surface area (Å²) in [4.78, 5) is 40.5. The van der Waals surface area contributed by atoms with E-state index in [1.165, 1.54) is 7.11 Å². The van der Waals surface area contributed by atoms with Crippen molar-refractivity contribution in [1.82, 2.24) is 10.2 Å². The molecule has 3 amide bonds. The minimum Gasteiger partial charge on any atom is -0.392 e. The van der Waals surface area contributed by atoms with E-state index in [1.807, 2.05) is 19.1 Å². The normalized spacial score (nSPS) is 32.8. The van der Waals surface area contributed by atoms with Crippen LogP contribution >= 0.6 is 0 Å². The van der Waals surface area contributed by atoms with Crippen LogP contribution in [0.4, 0.5) is 5.69 Å². The number of anilines is 1. The summed E-state index contributed by atoms with van der Waals surface area (Å²) >= 11 is 0. The van der Waals surface area contributed by atoms with E-state index in [0.29, 0.717) is 11.3 Å². The highest BCUT2D eigenvalue weighted by atomic mass is 16.5. The van der Waals surface area contributed by atoms with Crippen molar-refractivity contribution >= 4 is 23.4 Å². The number of imide groups is 1. The van der Waals surface area contributed by atoms with Gasteiger partial charge in [-0.1, -0.05) is 18.2 Å². The van der Waals surface area contributed by atoms with Crippen LogP contribution in [0.25, 0.3) is 0 Å². The Hall–Kier alpha value is -2.29. The van der Waals surface area contributed by atoms with Gasteiger partial charge in [0.15, 0.2) is 0 Å². The van der Waals surface area contributed by atoms with Crippen LogP contribution in [-0.4, -0.2) is 60.1 Å². The number of aliphatic hydroxyl groups excluding tert-OH is 1. The van der Waals surface area contributed by atoms with Crippen molar-refractivity contribution in [3.05, 3.63) is 29.3 Å². The van der Waals surface area contributed by atoms with Crippen LogP contribution in [0.1, 0.15) is 18.1 Å². The lowest BCUT2D eigenvalue weighted by Crippen LogP contribution is -2.55. The van der Waals surface area contributed by atoms with Gasteiger partial charge in [0.2, 0.25) is 17.7 Å². The molecule has 3 aliphatic rings. The van der Waals surface area contributed by atoms with E-state index in [9.17, 15) is 19.5 Å². The van der Waals surface area contributed by atoms with Crippen LogP contribution < -0.4 is 10.6 Å². The summed E-state index contributed by atoms with van der Waals surface area (Å²) in [6.07, 6.45) is -0.905. The fourth-order valence-electron chi connectivity index (χ4n) is 4.78. The number of fused-ring (bicyclic) bond motifs is 4. The number of rotatable bonds is 4. The maximum absolute atomic E-state index is 13.2. The first-order valence-corrected chi connectivity index (χ1v) is 9.06. The molecule has 0 aromatic heterocycles. The Labute approximate surface area is 156 Å². The molecule has 4 rings (SSSR count). The first-order valence-electron chi connectivity index (χ1n) is 9.06. The second kappa shape index (κ2) is 6.12. The van der Waals surface area contributed by atoms with E-state index in [1.54, 1.807) is 13.0 Å². The smallest absolute Gasteiger partial charge is 0.250 e. The predicted molar refractivity (Wildman–Crippen MR) is 95.7 cm³/mol. The zero-order chi connectivity index (χ0) is 19.5. The zero-order valence-corrected chi connectivity index (χ0v) is 15.5. The Bertz CT molecular complexity index is 839. The summed E-state index contributed by atoms with van der Waals surface area (Å²) in [5, 5.41) is 16.3. The highest BCUT2D eigenvalue weighted by Gasteiger charge is 2.71. The van der Waals surface area contributed by atoms with Crippen LogP contribution in [0.5, 0.6) is 0 Å². The Morgan fingerprint density at radius 2 is 2.04 bits per heavy atom. The molecule has 0 radical (unpaired) electrons. The molecule has 0 aliphatic carbocycles. The maximum Gasteiger partial charge on any atom is 0.250 e. The molecule has 0 saturated carbocycles. The summed E-state index contributed by atoms with van der Waals surface area (Å²) in [7, 11) is 1.50. The Balaban J connectivity index is 1.87. The van der Waals surface area contributed by atoms with Crippen molar-refractivity contribution in [1.29, 1.82) is 0 Å². The largest absolute Gasteiger partial charge is 0.392 e. The van der Waals surface area contributed by atoms with Gasteiger partial charge in [0.05, 0.1) is 31.1 Å². The van der Waals surface area contributed by atoms with Crippen LogP contribution in [0.15, 0.2) is 18.2 Å². The van der Waals surface area contributed by atoms with E-state index in [0.717, 1.165) is 10.5 Å². The molecule has 8 nitrogen and oxygen atoms in total. The van der Waals surface area contributed by atoms with Crippen molar-refractivity contribution in [2.24, 2.45) is 11.8 Å². The van der Waals surface area contributed by atoms with E-state index in [2.05, 4.69) is 10.6 Å². The number of carbonyl (C=O) groups excluding carboxylic acids is 3. The number of carbonyl (C=O) groups is 3. The quantitative estimate of drug-likeness (QED) is 0.628. The number of nitrogens with one attached hydrogen (secondary N) is 2. The standard InChI is InChI=1S/C19H23N3O5/c1-9-5-4-6-11-14(9)20-18(26)19(11)13-12(15(21-19)10(2)23)16(24)22(17(13)25)7-8-27-3/h4-6,10,12-13,15,21,23H,7-8H2,1-3H3,(H,20,26). The second-order valence-electron chi connectivity index (χ2n) is 7.49. The third-order valence-corrected chi connectivity index (χ3v) is 6.02. The first kappa shape index (κ1) is 18.1. The van der Waals surface area contributed by atoms with Gasteiger partial charge in [-0.2, -0.15) is 0 Å². The van der Waals surface area contributed by atoms with Crippen LogP contribution in [-0.2, 0) is 24.7 Å². The first-order chi connectivity index (χ1) is 12.8. The van der Waals surface area contributed by atoms with Crippen molar-refractivity contribution in [2.75, 3.05) is 25.6 Å². The van der Waals surface area contributed by atoms with E-state index < -0.39 is 35.4 Å². The van der Waals surface area contributed by atoms with E-state index in [4.69, 9.17) is 4.74 Å². The molecule has 1 spiro atoms. The molecule has 144 valence electrons. The number of aryl methyl sites for hydroxylation is 1. The number of hydrogen-bond acceptors (Lipinski definition) is 6. The van der Waals surface area contributed by atoms with Gasteiger partial charge in [-0.15, -0.1) is 0 Å². The molecule has 0 bridgehead atoms. The van der Waals surface area contributed by atoms with Gasteiger partial charge in [0.25, 0.3) is 0 Å². The van der Waals surface area contributed by atoms with Crippen molar-refractivity contribution in [3.8, 4) is 0 Å². The average molecular weight is 373 g/mol. The minimum atomic E-state index is -1.36. The highest BCUT2D eigenvalue weighted by Crippen LogP contribution is 2.53. The SMILES string of the molecule is COCCN1C(=O)C2C(C(C)O)NC3(C(=O)Nc4c(C)cccc43)C2C1=O. The van der Waals surface area contributed by atoms with Gasteiger partial charge in [-0.05, 0) is 19.4 Å². The summed E-state index contributed by atoms with van der Waals surface area (Å²) in [6, 6.07) is 4.80. The molecular formula is C19H23N3O5. The lowest BCUT2D eigenvalue weighted by Gasteiger charge is -2.30. The Kier molecular flexibility index (Phi) is 4.10. The third kappa shape index (κ3) is 2.24. The summed E-state index contributed by atoms with van der Waals surface area (Å²) in [5.74, 6) is -2.83. The van der Waals surface area contributed by atoms with Gasteiger partial charge in [-0.3, -0.25) is 24.6 Å². The summed E-state index contributed by atoms with van der Waals surface area (Å²) in [5.41, 5.74) is 0.836. The molecule has 5 unspecified atom stereocenters. The van der Waals surface area contributed by atoms with Gasteiger partial charge in [0.1, 0.15) is 5.54 Å². The molecule has 1 aromatic carbocycles. The number of ether oxygens (including phenoxy) is 1. The van der Waals surface area contributed by atoms with E-state index in [-0.39, 0.29) is 25.0 Å². The highest BCUT2D eigenvalue weighted by molar-refractivity contribution is 6.15. The monoisotopic (exact) mass is 373 g/mol. The molecule has 3 heterocycles. The molecule has 5 atom stereocenters. The zero-order valence-electron chi connectivity index (χ0n) is 15.5. The van der Waals surface area contributed by atoms with E-state index >= 15 is 0 Å². The van der Waals surface area contributed by atoms with Crippen LogP contribution in [0.3, 0.4) is 0 Å². The Morgan fingerprint density at radius 1 is 1.30 bits per heavy atom. The number of likely N-dealkylation sites (tertiary alicyclic amines) is 1. The molecule has 27 heavy (non-hydrogen) atoms. The number of benzene rings is 1. The van der Waals surface area contributed by atoms with Crippen LogP contribution in [0.2, 0.25) is 0 Å². The molecule has 1 aromatic rings. The molecular weight excluding hydrogens is 350 g/mol. The molecule has 3 aliphatic heterocycles. The predicted octanol–water partition coefficient (Wildman–Crippen LogP) is -0.257. The number of para-hydroxylation sites is 1. The number of aliphatic hydroxyl groups is 1. The lowest BCUT2D eigenvalue weighted by molar-refractivity contribution is -0.143. The number of methoxy groups -OCH3 is 1. The number of nitrogens with zero attached hydrogens (tertiary/aromatic N) is 1. The van der Waals surface area contributed by atoms with Crippen molar-refractivity contribution < 1.29 is 24.2 Å². The van der Waals surface area contributed by atoms with Gasteiger partial charge in [0, 0.05) is 24.4 Å². The number of hydrogen-bond donors (Lipinski definition) is 3. The molecule has 2 fully saturated rings. The lowest BCUT2D eigenvalue weighted by atomic mass is 9.76. The third-order valence-electron chi connectivity index (χ3n) is 6.02. The fraction of sp³-hybridized carbons (Fsp3) is 0.526. The van der Waals surface area contributed by atoms with Crippen molar-refractivity contribution in [2.45, 2.75) is 31.5 Å². The molecule has 2 saturated heterocycles. The van der Waals surface area contributed by atoms with Gasteiger partial charge in [-0.25, -0.2) is 0 Å². The fourth-order valence-corrected chi connectivity index (χ4v) is 4.78. The molecule has 8 heteroatoms. The average Bonchev–Trinajstić information content (AvgIpc) is 3.21. The number of amides is 3.